The molecule has 1 aliphatic heterocycles. The lowest BCUT2D eigenvalue weighted by Gasteiger charge is -2.24. The van der Waals surface area contributed by atoms with Gasteiger partial charge in [0.2, 0.25) is 0 Å². The highest BCUT2D eigenvalue weighted by Gasteiger charge is 2.19. The lowest BCUT2D eigenvalue weighted by molar-refractivity contribution is 0.0796. The Balaban J connectivity index is 1.88. The van der Waals surface area contributed by atoms with E-state index >= 15 is 0 Å². The Bertz CT molecular complexity index is 422. The standard InChI is InChI=1S/C14H20F2N2O/c1-18(8-11-3-2-6-19-11)9-14(17)10-4-5-12(15)13(16)7-10/h4-5,7,11,14H,2-3,6,8-9,17H2,1H3. The third-order valence-electron chi connectivity index (χ3n) is 3.42. The summed E-state index contributed by atoms with van der Waals surface area (Å²) >= 11 is 0. The minimum Gasteiger partial charge on any atom is -0.377 e. The van der Waals surface area contributed by atoms with Crippen molar-refractivity contribution >= 4 is 0 Å². The topological polar surface area (TPSA) is 38.5 Å². The van der Waals surface area contributed by atoms with Crippen molar-refractivity contribution in [3.05, 3.63) is 35.4 Å². The van der Waals surface area contributed by atoms with Crippen LogP contribution in [0.2, 0.25) is 0 Å². The van der Waals surface area contributed by atoms with Crippen molar-refractivity contribution in [3.63, 3.8) is 0 Å². The summed E-state index contributed by atoms with van der Waals surface area (Å²) in [6, 6.07) is 3.48. The fraction of sp³-hybridized carbons (Fsp3) is 0.571. The molecule has 2 unspecified atom stereocenters. The third-order valence-corrected chi connectivity index (χ3v) is 3.42. The smallest absolute Gasteiger partial charge is 0.159 e. The van der Waals surface area contributed by atoms with Crippen LogP contribution in [0.3, 0.4) is 0 Å². The number of rotatable bonds is 5. The van der Waals surface area contributed by atoms with E-state index in [2.05, 4.69) is 4.90 Å². The molecule has 1 fully saturated rings. The van der Waals surface area contributed by atoms with Crippen LogP contribution in [0.25, 0.3) is 0 Å². The molecule has 2 atom stereocenters. The van der Waals surface area contributed by atoms with Crippen LogP contribution in [0, 0.1) is 11.6 Å². The first-order valence-corrected chi connectivity index (χ1v) is 6.57. The Kier molecular flexibility index (Phi) is 4.85. The van der Waals surface area contributed by atoms with Crippen molar-refractivity contribution in [1.29, 1.82) is 0 Å². The van der Waals surface area contributed by atoms with Gasteiger partial charge in [-0.05, 0) is 37.6 Å². The van der Waals surface area contributed by atoms with Gasteiger partial charge >= 0.3 is 0 Å². The molecule has 2 rings (SSSR count). The van der Waals surface area contributed by atoms with Crippen molar-refractivity contribution < 1.29 is 13.5 Å². The average molecular weight is 270 g/mol. The largest absolute Gasteiger partial charge is 0.377 e. The Hall–Kier alpha value is -1.04. The second-order valence-electron chi connectivity index (χ2n) is 5.14. The molecule has 0 radical (unpaired) electrons. The lowest BCUT2D eigenvalue weighted by Crippen LogP contribution is -2.34. The highest BCUT2D eigenvalue weighted by molar-refractivity contribution is 5.21. The number of hydrogen-bond donors (Lipinski definition) is 1. The number of nitrogens with two attached hydrogens (primary N) is 1. The highest BCUT2D eigenvalue weighted by Crippen LogP contribution is 2.17. The number of nitrogens with zero attached hydrogens (tertiary/aromatic N) is 1. The zero-order valence-electron chi connectivity index (χ0n) is 11.1. The first-order valence-electron chi connectivity index (χ1n) is 6.57. The van der Waals surface area contributed by atoms with E-state index < -0.39 is 11.6 Å². The quantitative estimate of drug-likeness (QED) is 0.890. The van der Waals surface area contributed by atoms with Crippen molar-refractivity contribution in [2.24, 2.45) is 5.73 Å². The number of benzene rings is 1. The van der Waals surface area contributed by atoms with Gasteiger partial charge in [-0.1, -0.05) is 6.07 Å². The molecule has 0 amide bonds. The number of halogens is 2. The fourth-order valence-corrected chi connectivity index (χ4v) is 2.39. The van der Waals surface area contributed by atoms with Crippen molar-refractivity contribution in [1.82, 2.24) is 4.90 Å². The molecule has 1 aromatic rings. The van der Waals surface area contributed by atoms with Gasteiger partial charge in [-0.15, -0.1) is 0 Å². The maximum absolute atomic E-state index is 13.1. The van der Waals surface area contributed by atoms with Gasteiger partial charge in [-0.3, -0.25) is 0 Å². The molecule has 1 saturated heterocycles. The van der Waals surface area contributed by atoms with Gasteiger partial charge < -0.3 is 15.4 Å². The van der Waals surface area contributed by atoms with Crippen molar-refractivity contribution in [3.8, 4) is 0 Å². The summed E-state index contributed by atoms with van der Waals surface area (Å²) in [5, 5.41) is 0. The maximum Gasteiger partial charge on any atom is 0.159 e. The van der Waals surface area contributed by atoms with Crippen LogP contribution >= 0.6 is 0 Å². The predicted molar refractivity (Wildman–Crippen MR) is 69.8 cm³/mol. The van der Waals surface area contributed by atoms with Gasteiger partial charge in [0.15, 0.2) is 11.6 Å². The molecule has 106 valence electrons. The van der Waals surface area contributed by atoms with E-state index in [0.717, 1.165) is 32.1 Å². The summed E-state index contributed by atoms with van der Waals surface area (Å²) < 4.78 is 31.5. The molecule has 0 aromatic heterocycles. The molecular formula is C14H20F2N2O. The summed E-state index contributed by atoms with van der Waals surface area (Å²) in [7, 11) is 1.96. The summed E-state index contributed by atoms with van der Waals surface area (Å²) in [6.45, 7) is 2.23. The first-order chi connectivity index (χ1) is 9.06. The zero-order chi connectivity index (χ0) is 13.8. The normalized spacial score (nSPS) is 21.0. The Morgan fingerprint density at radius 3 is 2.84 bits per heavy atom. The molecule has 1 aliphatic rings. The Labute approximate surface area is 112 Å². The molecule has 2 N–H and O–H groups in total. The molecule has 0 aliphatic carbocycles. The Morgan fingerprint density at radius 2 is 2.21 bits per heavy atom. The second-order valence-corrected chi connectivity index (χ2v) is 5.14. The van der Waals surface area contributed by atoms with Gasteiger partial charge in [0.25, 0.3) is 0 Å². The van der Waals surface area contributed by atoms with Crippen molar-refractivity contribution in [2.45, 2.75) is 25.0 Å². The molecule has 0 saturated carbocycles. The average Bonchev–Trinajstić information content (AvgIpc) is 2.85. The minimum atomic E-state index is -0.852. The van der Waals surface area contributed by atoms with Crippen LogP contribution in [0.5, 0.6) is 0 Å². The van der Waals surface area contributed by atoms with E-state index in [1.54, 1.807) is 0 Å². The monoisotopic (exact) mass is 270 g/mol. The van der Waals surface area contributed by atoms with E-state index in [-0.39, 0.29) is 12.1 Å². The van der Waals surface area contributed by atoms with Gasteiger partial charge in [0.1, 0.15) is 0 Å². The molecular weight excluding hydrogens is 250 g/mol. The van der Waals surface area contributed by atoms with E-state index in [4.69, 9.17) is 10.5 Å². The van der Waals surface area contributed by atoms with Crippen molar-refractivity contribution in [2.75, 3.05) is 26.7 Å². The van der Waals surface area contributed by atoms with Crippen LogP contribution in [0.15, 0.2) is 18.2 Å². The van der Waals surface area contributed by atoms with Crippen LogP contribution in [0.4, 0.5) is 8.78 Å². The summed E-state index contributed by atoms with van der Waals surface area (Å²) in [4.78, 5) is 2.07. The number of ether oxygens (including phenoxy) is 1. The Morgan fingerprint density at radius 1 is 1.42 bits per heavy atom. The van der Waals surface area contributed by atoms with Gasteiger partial charge in [0, 0.05) is 25.7 Å². The molecule has 1 heterocycles. The van der Waals surface area contributed by atoms with E-state index in [0.29, 0.717) is 12.1 Å². The van der Waals surface area contributed by atoms with Gasteiger partial charge in [-0.25, -0.2) is 8.78 Å². The SMILES string of the molecule is CN(CC1CCCO1)CC(N)c1ccc(F)c(F)c1. The lowest BCUT2D eigenvalue weighted by atomic mass is 10.1. The predicted octanol–water partition coefficient (Wildman–Crippen LogP) is 2.08. The minimum absolute atomic E-state index is 0.266. The van der Waals surface area contributed by atoms with Crippen LogP contribution in [-0.2, 0) is 4.74 Å². The van der Waals surface area contributed by atoms with Gasteiger partial charge in [-0.2, -0.15) is 0 Å². The van der Waals surface area contributed by atoms with E-state index in [1.165, 1.54) is 12.1 Å². The molecule has 0 spiro atoms. The van der Waals surface area contributed by atoms with Crippen LogP contribution < -0.4 is 5.73 Å². The highest BCUT2D eigenvalue weighted by atomic mass is 19.2. The number of hydrogen-bond acceptors (Lipinski definition) is 3. The molecule has 5 heteroatoms. The molecule has 19 heavy (non-hydrogen) atoms. The molecule has 3 nitrogen and oxygen atoms in total. The second kappa shape index (κ2) is 6.41. The molecule has 0 bridgehead atoms. The summed E-state index contributed by atoms with van der Waals surface area (Å²) in [5.41, 5.74) is 6.63. The third kappa shape index (κ3) is 3.96. The van der Waals surface area contributed by atoms with Crippen LogP contribution in [0.1, 0.15) is 24.4 Å². The summed E-state index contributed by atoms with van der Waals surface area (Å²) in [5.74, 6) is -1.70. The van der Waals surface area contributed by atoms with E-state index in [9.17, 15) is 8.78 Å². The zero-order valence-corrected chi connectivity index (χ0v) is 11.1. The maximum atomic E-state index is 13.1. The number of likely N-dealkylation sites (N-methyl/N-ethyl adjacent to an activating group) is 1. The summed E-state index contributed by atoms with van der Waals surface area (Å²) in [6.07, 6.45) is 2.44. The van der Waals surface area contributed by atoms with E-state index in [1.807, 2.05) is 7.05 Å². The molecule has 1 aromatic carbocycles. The van der Waals surface area contributed by atoms with Crippen LogP contribution in [-0.4, -0.2) is 37.7 Å². The first kappa shape index (κ1) is 14.4. The van der Waals surface area contributed by atoms with Gasteiger partial charge in [0.05, 0.1) is 6.10 Å². The fourth-order valence-electron chi connectivity index (χ4n) is 2.39.